The summed E-state index contributed by atoms with van der Waals surface area (Å²) in [6.07, 6.45) is 9.50. The van der Waals surface area contributed by atoms with Gasteiger partial charge in [0.2, 0.25) is 0 Å². The second-order valence-electron chi connectivity index (χ2n) is 8.18. The summed E-state index contributed by atoms with van der Waals surface area (Å²) in [7, 11) is 3.25. The molecule has 1 heteroatoms. The van der Waals surface area contributed by atoms with E-state index >= 15 is 0 Å². The number of ether oxygens (including phenoxy) is 1. The predicted molar refractivity (Wildman–Crippen MR) is 140 cm³/mol. The Morgan fingerprint density at radius 2 is 0.966 bits per heavy atom. The number of benzene rings is 1. The van der Waals surface area contributed by atoms with E-state index in [1.54, 1.807) is 14.2 Å². The molecule has 1 saturated carbocycles. The molecule has 1 nitrogen and oxygen atoms in total. The molecule has 0 unspecified atom stereocenters. The second kappa shape index (κ2) is 41.5. The third kappa shape index (κ3) is 116. The third-order valence-corrected chi connectivity index (χ3v) is 2.81. The molecule has 1 fully saturated rings. The molecule has 1 aliphatic carbocycles. The first kappa shape index (κ1) is 38.7. The minimum atomic E-state index is 0.833. The largest absolute Gasteiger partial charge is 0.388 e. The van der Waals surface area contributed by atoms with Crippen LogP contribution in [0.25, 0.3) is 0 Å². The van der Waals surface area contributed by atoms with Crippen molar-refractivity contribution in [3.8, 4) is 0 Å². The van der Waals surface area contributed by atoms with Crippen LogP contribution in [0.15, 0.2) is 30.3 Å². The summed E-state index contributed by atoms with van der Waals surface area (Å²) in [5, 5.41) is 0. The predicted octanol–water partition coefficient (Wildman–Crippen LogP) is 10.4. The summed E-state index contributed by atoms with van der Waals surface area (Å²) in [4.78, 5) is 0. The molecule has 1 aromatic rings. The zero-order chi connectivity index (χ0) is 23.9. The first-order valence-corrected chi connectivity index (χ1v) is 12.1. The monoisotopic (exact) mass is 412 g/mol. The van der Waals surface area contributed by atoms with Gasteiger partial charge in [-0.05, 0) is 18.8 Å². The van der Waals surface area contributed by atoms with Gasteiger partial charge in [0.25, 0.3) is 0 Å². The van der Waals surface area contributed by atoms with E-state index in [0.717, 1.165) is 11.8 Å². The number of unbranched alkanes of at least 4 members (excludes halogenated alkanes) is 2. The summed E-state index contributed by atoms with van der Waals surface area (Å²) in [5.74, 6) is 1.92. The average Bonchev–Trinajstić information content (AvgIpc) is 3.46. The van der Waals surface area contributed by atoms with Gasteiger partial charge in [0.1, 0.15) is 0 Å². The Hall–Kier alpha value is -0.820. The molecule has 0 saturated heterocycles. The summed E-state index contributed by atoms with van der Waals surface area (Å²) in [6, 6.07) is 10.3. The van der Waals surface area contributed by atoms with Crippen LogP contribution in [0.5, 0.6) is 0 Å². The van der Waals surface area contributed by atoms with E-state index in [0.29, 0.717) is 0 Å². The zero-order valence-corrected chi connectivity index (χ0v) is 22.9. The fourth-order valence-electron chi connectivity index (χ4n) is 0.701. The smallest absolute Gasteiger partial charge is 0.0351 e. The minimum Gasteiger partial charge on any atom is -0.388 e. The van der Waals surface area contributed by atoms with Crippen LogP contribution in [-0.2, 0) is 4.74 Å². The first-order valence-electron chi connectivity index (χ1n) is 12.1. The highest BCUT2D eigenvalue weighted by Crippen LogP contribution is 2.26. The van der Waals surface area contributed by atoms with Crippen LogP contribution in [0, 0.1) is 18.8 Å². The fraction of sp³-hybridized carbons (Fsp3) is 0.786. The van der Waals surface area contributed by atoms with Gasteiger partial charge in [-0.1, -0.05) is 150 Å². The van der Waals surface area contributed by atoms with Crippen molar-refractivity contribution in [3.05, 3.63) is 35.9 Å². The molecular formula is C28H60O. The third-order valence-electron chi connectivity index (χ3n) is 2.81. The first-order chi connectivity index (χ1) is 13.7. The molecule has 0 aromatic heterocycles. The summed E-state index contributed by atoms with van der Waals surface area (Å²) in [6.45, 7) is 23.8. The van der Waals surface area contributed by atoms with Gasteiger partial charge in [-0.3, -0.25) is 0 Å². The quantitative estimate of drug-likeness (QED) is 0.469. The molecule has 2 rings (SSSR count). The summed E-state index contributed by atoms with van der Waals surface area (Å²) >= 11 is 0. The summed E-state index contributed by atoms with van der Waals surface area (Å²) < 4.78 is 4.25. The molecule has 1 aromatic carbocycles. The molecule has 0 radical (unpaired) electrons. The highest BCUT2D eigenvalue weighted by atomic mass is 16.4. The maximum Gasteiger partial charge on any atom is 0.0351 e. The van der Waals surface area contributed by atoms with Crippen LogP contribution < -0.4 is 0 Å². The maximum absolute atomic E-state index is 4.25. The molecule has 0 bridgehead atoms. The Kier molecular flexibility index (Phi) is 55.5. The van der Waals surface area contributed by atoms with E-state index < -0.39 is 0 Å². The van der Waals surface area contributed by atoms with Crippen molar-refractivity contribution >= 4 is 0 Å². The van der Waals surface area contributed by atoms with Gasteiger partial charge in [0, 0.05) is 14.2 Å². The summed E-state index contributed by atoms with van der Waals surface area (Å²) in [5.41, 5.74) is 1.32. The molecule has 0 amide bonds. The average molecular weight is 413 g/mol. The molecule has 0 aliphatic heterocycles. The van der Waals surface area contributed by atoms with Crippen molar-refractivity contribution in [3.63, 3.8) is 0 Å². The van der Waals surface area contributed by atoms with E-state index in [2.05, 4.69) is 93.0 Å². The van der Waals surface area contributed by atoms with Crippen LogP contribution in [0.2, 0.25) is 0 Å². The number of hydrogen-bond acceptors (Lipinski definition) is 1. The van der Waals surface area contributed by atoms with Crippen molar-refractivity contribution in [2.75, 3.05) is 14.2 Å². The molecule has 0 atom stereocenters. The molecule has 0 N–H and O–H groups in total. The molecule has 0 spiro atoms. The Labute approximate surface area is 188 Å². The number of aryl methyl sites for hydroxylation is 1. The van der Waals surface area contributed by atoms with Gasteiger partial charge in [-0.15, -0.1) is 0 Å². The lowest BCUT2D eigenvalue weighted by Gasteiger charge is -1.82. The van der Waals surface area contributed by atoms with E-state index in [9.17, 15) is 0 Å². The van der Waals surface area contributed by atoms with Crippen molar-refractivity contribution in [2.45, 2.75) is 121 Å². The van der Waals surface area contributed by atoms with Crippen molar-refractivity contribution in [1.29, 1.82) is 0 Å². The Balaban J connectivity index is -0.0000000794. The molecule has 178 valence electrons. The van der Waals surface area contributed by atoms with Crippen molar-refractivity contribution in [1.82, 2.24) is 0 Å². The van der Waals surface area contributed by atoms with Crippen LogP contribution in [-0.4, -0.2) is 14.2 Å². The van der Waals surface area contributed by atoms with Gasteiger partial charge in [-0.25, -0.2) is 0 Å². The van der Waals surface area contributed by atoms with Crippen LogP contribution in [0.3, 0.4) is 0 Å². The number of hydrogen-bond donors (Lipinski definition) is 0. The van der Waals surface area contributed by atoms with Gasteiger partial charge in [0.15, 0.2) is 0 Å². The van der Waals surface area contributed by atoms with Crippen molar-refractivity contribution in [2.24, 2.45) is 11.8 Å². The van der Waals surface area contributed by atoms with Gasteiger partial charge < -0.3 is 4.74 Å². The van der Waals surface area contributed by atoms with E-state index in [1.807, 2.05) is 18.2 Å². The number of methoxy groups -OCH3 is 1. The highest BCUT2D eigenvalue weighted by molar-refractivity contribution is 5.11. The van der Waals surface area contributed by atoms with Gasteiger partial charge in [0.05, 0.1) is 0 Å². The van der Waals surface area contributed by atoms with E-state index in [4.69, 9.17) is 0 Å². The number of rotatable bonds is 2. The lowest BCUT2D eigenvalue weighted by atomic mass is 10.2. The normalized spacial score (nSPS) is 10.3. The molecule has 29 heavy (non-hydrogen) atoms. The Morgan fingerprint density at radius 1 is 0.759 bits per heavy atom. The molecular weight excluding hydrogens is 352 g/mol. The van der Waals surface area contributed by atoms with E-state index in [-0.39, 0.29) is 0 Å². The van der Waals surface area contributed by atoms with Crippen LogP contribution >= 0.6 is 0 Å². The van der Waals surface area contributed by atoms with Crippen LogP contribution in [0.1, 0.15) is 120 Å². The lowest BCUT2D eigenvalue weighted by Crippen LogP contribution is -1.66. The standard InChI is InChI=1S/C7H8.C4H8.3C4H10.C3H8.C2H6O/c1-7-5-3-2-4-6-7;1-4-2-3-4;1-4(2)3;2*1-3-4-2;2*1-3-2/h2-6H,1H3;4H,2-3H2,1H3;4H,1-3H3;2*3-4H2,1-2H3;3H2,1-2H3;1-2H3. The van der Waals surface area contributed by atoms with Crippen LogP contribution in [0.4, 0.5) is 0 Å². The zero-order valence-electron chi connectivity index (χ0n) is 22.9. The molecule has 1 aliphatic rings. The molecule has 0 heterocycles. The van der Waals surface area contributed by atoms with Gasteiger partial charge >= 0.3 is 0 Å². The maximum atomic E-state index is 4.25. The minimum absolute atomic E-state index is 0.833. The second-order valence-corrected chi connectivity index (χ2v) is 8.18. The lowest BCUT2D eigenvalue weighted by molar-refractivity contribution is 0.277. The highest BCUT2D eigenvalue weighted by Gasteiger charge is 2.12. The topological polar surface area (TPSA) is 9.23 Å². The SMILES string of the molecule is CC(C)C.CC1CC1.CCC.CCCC.CCCC.COC.Cc1ccccc1. The van der Waals surface area contributed by atoms with E-state index in [1.165, 1.54) is 50.5 Å². The van der Waals surface area contributed by atoms with Gasteiger partial charge in [-0.2, -0.15) is 0 Å². The fourth-order valence-corrected chi connectivity index (χ4v) is 0.701. The van der Waals surface area contributed by atoms with Crippen molar-refractivity contribution < 1.29 is 4.74 Å². The Bertz CT molecular complexity index is 289. The Morgan fingerprint density at radius 3 is 1.03 bits per heavy atom.